The smallest absolute Gasteiger partial charge is 0.137 e. The molecule has 2 aromatic heterocycles. The molecule has 1 aliphatic rings. The molecule has 0 bridgehead atoms. The first kappa shape index (κ1) is 16.2. The number of likely N-dealkylation sites (tertiary alicyclic amines) is 1. The quantitative estimate of drug-likeness (QED) is 0.786. The van der Waals surface area contributed by atoms with Gasteiger partial charge in [0.15, 0.2) is 0 Å². The minimum absolute atomic E-state index is 0.324. The molecule has 2 atom stereocenters. The van der Waals surface area contributed by atoms with E-state index in [4.69, 9.17) is 9.15 Å². The third kappa shape index (κ3) is 5.16. The van der Waals surface area contributed by atoms with Crippen molar-refractivity contribution in [3.05, 3.63) is 36.8 Å². The second-order valence-electron chi connectivity index (χ2n) is 6.13. The fourth-order valence-corrected chi connectivity index (χ4v) is 3.10. The minimum atomic E-state index is -0.477. The summed E-state index contributed by atoms with van der Waals surface area (Å²) in [5, 5.41) is 14.3. The van der Waals surface area contributed by atoms with Gasteiger partial charge < -0.3 is 19.2 Å². The van der Waals surface area contributed by atoms with Gasteiger partial charge in [-0.2, -0.15) is 5.10 Å². The Labute approximate surface area is 135 Å². The topological polar surface area (TPSA) is 76.6 Å². The lowest BCUT2D eigenvalue weighted by Crippen LogP contribution is -2.42. The van der Waals surface area contributed by atoms with Gasteiger partial charge in [-0.25, -0.2) is 4.98 Å². The number of aliphatic hydroxyl groups excluding tert-OH is 1. The maximum Gasteiger partial charge on any atom is 0.137 e. The highest BCUT2D eigenvalue weighted by atomic mass is 16.5. The van der Waals surface area contributed by atoms with Crippen LogP contribution in [-0.2, 0) is 17.9 Å². The van der Waals surface area contributed by atoms with Crippen LogP contribution in [0.5, 0.6) is 0 Å². The summed E-state index contributed by atoms with van der Waals surface area (Å²) < 4.78 is 12.6. The molecular formula is C16H24N4O3. The highest BCUT2D eigenvalue weighted by Gasteiger charge is 2.22. The summed E-state index contributed by atoms with van der Waals surface area (Å²) >= 11 is 0. The molecule has 0 aromatic carbocycles. The molecule has 1 fully saturated rings. The van der Waals surface area contributed by atoms with Crippen LogP contribution in [0.4, 0.5) is 0 Å². The summed E-state index contributed by atoms with van der Waals surface area (Å²) in [6, 6.07) is 3.70. The second kappa shape index (κ2) is 8.24. The van der Waals surface area contributed by atoms with Crippen molar-refractivity contribution in [3.63, 3.8) is 0 Å². The molecule has 2 aromatic rings. The Morgan fingerprint density at radius 3 is 3.22 bits per heavy atom. The summed E-state index contributed by atoms with van der Waals surface area (Å²) in [5.41, 5.74) is 0. The highest BCUT2D eigenvalue weighted by Crippen LogP contribution is 2.18. The van der Waals surface area contributed by atoms with Crippen LogP contribution in [0.3, 0.4) is 0 Å². The predicted molar refractivity (Wildman–Crippen MR) is 83.6 cm³/mol. The Balaban J connectivity index is 1.36. The molecule has 23 heavy (non-hydrogen) atoms. The lowest BCUT2D eigenvalue weighted by Gasteiger charge is -2.33. The lowest BCUT2D eigenvalue weighted by molar-refractivity contribution is -0.00198. The zero-order valence-electron chi connectivity index (χ0n) is 13.3. The van der Waals surface area contributed by atoms with E-state index in [0.29, 0.717) is 25.7 Å². The number of aromatic nitrogens is 3. The fourth-order valence-electron chi connectivity index (χ4n) is 3.10. The molecule has 3 rings (SSSR count). The Kier molecular flexibility index (Phi) is 5.79. The first-order valence-electron chi connectivity index (χ1n) is 8.12. The van der Waals surface area contributed by atoms with Crippen LogP contribution >= 0.6 is 0 Å². The number of piperidine rings is 1. The van der Waals surface area contributed by atoms with Crippen LogP contribution in [0.1, 0.15) is 18.6 Å². The van der Waals surface area contributed by atoms with E-state index in [1.165, 1.54) is 6.42 Å². The van der Waals surface area contributed by atoms with E-state index < -0.39 is 6.10 Å². The second-order valence-corrected chi connectivity index (χ2v) is 6.13. The number of β-amino-alcohol motifs (C(OH)–C–C–N with tert-alkyl or cyclic N) is 1. The van der Waals surface area contributed by atoms with Crippen LogP contribution < -0.4 is 0 Å². The molecule has 1 aliphatic heterocycles. The van der Waals surface area contributed by atoms with Gasteiger partial charge in [0.25, 0.3) is 0 Å². The van der Waals surface area contributed by atoms with Crippen molar-refractivity contribution in [2.45, 2.75) is 32.1 Å². The van der Waals surface area contributed by atoms with Crippen molar-refractivity contribution >= 4 is 0 Å². The Morgan fingerprint density at radius 2 is 2.43 bits per heavy atom. The average molecular weight is 320 g/mol. The monoisotopic (exact) mass is 320 g/mol. The van der Waals surface area contributed by atoms with E-state index >= 15 is 0 Å². The van der Waals surface area contributed by atoms with Gasteiger partial charge in [-0.1, -0.05) is 0 Å². The zero-order chi connectivity index (χ0) is 15.9. The van der Waals surface area contributed by atoms with E-state index in [2.05, 4.69) is 15.0 Å². The van der Waals surface area contributed by atoms with Crippen molar-refractivity contribution in [1.82, 2.24) is 19.7 Å². The van der Waals surface area contributed by atoms with Crippen LogP contribution in [0, 0.1) is 5.92 Å². The van der Waals surface area contributed by atoms with Crippen molar-refractivity contribution in [3.8, 4) is 0 Å². The van der Waals surface area contributed by atoms with E-state index in [-0.39, 0.29) is 0 Å². The molecular weight excluding hydrogens is 296 g/mol. The third-order valence-corrected chi connectivity index (χ3v) is 4.12. The number of ether oxygens (including phenoxy) is 1. The Morgan fingerprint density at radius 1 is 1.48 bits per heavy atom. The van der Waals surface area contributed by atoms with Gasteiger partial charge in [0.1, 0.15) is 25.0 Å². The van der Waals surface area contributed by atoms with Crippen molar-refractivity contribution in [2.75, 3.05) is 26.2 Å². The highest BCUT2D eigenvalue weighted by molar-refractivity contribution is 4.96. The van der Waals surface area contributed by atoms with Gasteiger partial charge in [0.05, 0.1) is 19.0 Å². The van der Waals surface area contributed by atoms with Crippen LogP contribution in [-0.4, -0.2) is 57.1 Å². The summed E-state index contributed by atoms with van der Waals surface area (Å²) in [6.45, 7) is 4.27. The molecule has 0 aliphatic carbocycles. The van der Waals surface area contributed by atoms with E-state index in [1.54, 1.807) is 18.9 Å². The Hall–Kier alpha value is -1.70. The number of rotatable bonds is 8. The van der Waals surface area contributed by atoms with Crippen molar-refractivity contribution in [2.24, 2.45) is 5.92 Å². The van der Waals surface area contributed by atoms with E-state index in [1.807, 2.05) is 16.8 Å². The van der Waals surface area contributed by atoms with Gasteiger partial charge in [-0.05, 0) is 37.4 Å². The zero-order valence-corrected chi connectivity index (χ0v) is 13.3. The largest absolute Gasteiger partial charge is 0.467 e. The SMILES string of the molecule is O[C@@H](COCc1ccco1)CN1CCC[C@@H](Cn2cncn2)C1. The maximum atomic E-state index is 10.1. The predicted octanol–water partition coefficient (Wildman–Crippen LogP) is 1.16. The molecule has 0 unspecified atom stereocenters. The summed E-state index contributed by atoms with van der Waals surface area (Å²) in [7, 11) is 0. The van der Waals surface area contributed by atoms with Crippen molar-refractivity contribution in [1.29, 1.82) is 0 Å². The van der Waals surface area contributed by atoms with Gasteiger partial charge in [-0.15, -0.1) is 0 Å². The van der Waals surface area contributed by atoms with Crippen LogP contribution in [0.2, 0.25) is 0 Å². The summed E-state index contributed by atoms with van der Waals surface area (Å²) in [6.07, 6.45) is 6.82. The summed E-state index contributed by atoms with van der Waals surface area (Å²) in [4.78, 5) is 6.30. The summed E-state index contributed by atoms with van der Waals surface area (Å²) in [5.74, 6) is 1.34. The molecule has 126 valence electrons. The average Bonchev–Trinajstić information content (AvgIpc) is 3.21. The minimum Gasteiger partial charge on any atom is -0.467 e. The number of aliphatic hydroxyl groups is 1. The first-order chi connectivity index (χ1) is 11.3. The molecule has 7 nitrogen and oxygen atoms in total. The molecule has 0 amide bonds. The van der Waals surface area contributed by atoms with E-state index in [9.17, 15) is 5.11 Å². The lowest BCUT2D eigenvalue weighted by atomic mass is 9.98. The molecule has 0 saturated carbocycles. The van der Waals surface area contributed by atoms with Gasteiger partial charge >= 0.3 is 0 Å². The maximum absolute atomic E-state index is 10.1. The Bertz CT molecular complexity index is 544. The molecule has 1 saturated heterocycles. The number of nitrogens with zero attached hydrogens (tertiary/aromatic N) is 4. The molecule has 7 heteroatoms. The fraction of sp³-hybridized carbons (Fsp3) is 0.625. The third-order valence-electron chi connectivity index (χ3n) is 4.12. The molecule has 0 radical (unpaired) electrons. The normalized spacial score (nSPS) is 20.7. The van der Waals surface area contributed by atoms with Gasteiger partial charge in [0, 0.05) is 19.6 Å². The first-order valence-corrected chi connectivity index (χ1v) is 8.12. The van der Waals surface area contributed by atoms with Crippen LogP contribution in [0.15, 0.2) is 35.5 Å². The number of hydrogen-bond donors (Lipinski definition) is 1. The van der Waals surface area contributed by atoms with Crippen LogP contribution in [0.25, 0.3) is 0 Å². The molecule has 1 N–H and O–H groups in total. The molecule has 0 spiro atoms. The van der Waals surface area contributed by atoms with E-state index in [0.717, 1.165) is 31.8 Å². The number of furan rings is 1. The van der Waals surface area contributed by atoms with Gasteiger partial charge in [-0.3, -0.25) is 4.68 Å². The number of hydrogen-bond acceptors (Lipinski definition) is 6. The van der Waals surface area contributed by atoms with Crippen molar-refractivity contribution < 1.29 is 14.3 Å². The van der Waals surface area contributed by atoms with Gasteiger partial charge in [0.2, 0.25) is 0 Å². The standard InChI is InChI=1S/C16H24N4O3/c21-15(10-22-11-16-4-2-6-23-16)9-19-5-1-3-14(7-19)8-20-13-17-12-18-20/h2,4,6,12-15,21H,1,3,5,7-11H2/t14-,15-/m1/s1. The molecule has 3 heterocycles.